The van der Waals surface area contributed by atoms with E-state index in [-0.39, 0.29) is 23.5 Å². The number of nitrogens with one attached hydrogen (secondary N) is 1. The summed E-state index contributed by atoms with van der Waals surface area (Å²) in [5.74, 6) is -1.69. The van der Waals surface area contributed by atoms with Crippen molar-refractivity contribution < 1.29 is 18.0 Å². The van der Waals surface area contributed by atoms with Crippen molar-refractivity contribution in [3.05, 3.63) is 70.2 Å². The fourth-order valence-corrected chi connectivity index (χ4v) is 3.31. The number of hydrogen-bond donors (Lipinski definition) is 1. The number of alkyl halides is 3. The molecule has 3 rings (SSSR count). The lowest BCUT2D eigenvalue weighted by Crippen LogP contribution is -2.16. The largest absolute Gasteiger partial charge is 0.417 e. The maximum absolute atomic E-state index is 13.0. The first-order valence-electron chi connectivity index (χ1n) is 7.31. The molecule has 2 aromatic rings. The van der Waals surface area contributed by atoms with Crippen LogP contribution in [0, 0.1) is 5.41 Å². The van der Waals surface area contributed by atoms with Crippen LogP contribution >= 0.6 is 11.6 Å². The van der Waals surface area contributed by atoms with Gasteiger partial charge in [-0.25, -0.2) is 0 Å². The second-order valence-corrected chi connectivity index (χ2v) is 6.17. The predicted octanol–water partition coefficient (Wildman–Crippen LogP) is 5.22. The number of benzene rings is 2. The minimum Gasteiger partial charge on any atom is -0.309 e. The van der Waals surface area contributed by atoms with Crippen molar-refractivity contribution in [3.8, 4) is 0 Å². The molecule has 0 bridgehead atoms. The number of hydrogen-bond acceptors (Lipinski definition) is 2. The van der Waals surface area contributed by atoms with Gasteiger partial charge in [0.05, 0.1) is 16.5 Å². The van der Waals surface area contributed by atoms with Gasteiger partial charge < -0.3 is 5.41 Å². The fraction of sp³-hybridized carbons (Fsp3) is 0.222. The summed E-state index contributed by atoms with van der Waals surface area (Å²) in [6.07, 6.45) is -4.38. The van der Waals surface area contributed by atoms with Gasteiger partial charge in [0.25, 0.3) is 0 Å². The second kappa shape index (κ2) is 6.06. The van der Waals surface area contributed by atoms with Crippen LogP contribution in [0.4, 0.5) is 13.2 Å². The monoisotopic (exact) mass is 351 g/mol. The molecule has 0 heterocycles. The third-order valence-corrected chi connectivity index (χ3v) is 4.56. The van der Waals surface area contributed by atoms with Gasteiger partial charge in [-0.2, -0.15) is 13.2 Å². The Labute approximate surface area is 141 Å². The van der Waals surface area contributed by atoms with Crippen molar-refractivity contribution in [3.63, 3.8) is 0 Å². The highest BCUT2D eigenvalue weighted by atomic mass is 35.5. The smallest absolute Gasteiger partial charge is 0.309 e. The summed E-state index contributed by atoms with van der Waals surface area (Å²) < 4.78 is 39.1. The minimum atomic E-state index is -4.60. The number of carbonyl (C=O) groups excluding carboxylic acids is 1. The van der Waals surface area contributed by atoms with E-state index in [1.54, 1.807) is 24.3 Å². The molecule has 1 aliphatic carbocycles. The molecule has 2 aromatic carbocycles. The summed E-state index contributed by atoms with van der Waals surface area (Å²) in [6.45, 7) is 0. The Bertz CT molecular complexity index is 802. The van der Waals surface area contributed by atoms with Crippen LogP contribution in [0.1, 0.15) is 34.9 Å². The van der Waals surface area contributed by atoms with Crippen molar-refractivity contribution in [2.75, 3.05) is 0 Å². The lowest BCUT2D eigenvalue weighted by atomic mass is 9.90. The Balaban J connectivity index is 1.99. The van der Waals surface area contributed by atoms with Gasteiger partial charge in [-0.1, -0.05) is 48.0 Å². The Morgan fingerprint density at radius 3 is 2.33 bits per heavy atom. The van der Waals surface area contributed by atoms with Crippen LogP contribution in [-0.4, -0.2) is 11.5 Å². The first kappa shape index (κ1) is 16.7. The summed E-state index contributed by atoms with van der Waals surface area (Å²) in [6, 6.07) is 12.4. The van der Waals surface area contributed by atoms with Crippen LogP contribution < -0.4 is 0 Å². The molecule has 1 fully saturated rings. The summed E-state index contributed by atoms with van der Waals surface area (Å²) >= 11 is 5.63. The average molecular weight is 352 g/mol. The number of rotatable bonds is 2. The molecule has 0 spiro atoms. The molecular formula is C18H13ClF3NO. The molecule has 2 atom stereocenters. The third kappa shape index (κ3) is 2.96. The summed E-state index contributed by atoms with van der Waals surface area (Å²) in [5, 5.41) is 7.68. The number of halogens is 4. The molecular weight excluding hydrogens is 339 g/mol. The van der Waals surface area contributed by atoms with Gasteiger partial charge >= 0.3 is 6.18 Å². The molecule has 1 saturated carbocycles. The molecule has 2 nitrogen and oxygen atoms in total. The zero-order valence-electron chi connectivity index (χ0n) is 12.4. The van der Waals surface area contributed by atoms with E-state index in [0.29, 0.717) is 0 Å². The molecule has 1 aliphatic rings. The van der Waals surface area contributed by atoms with E-state index in [1.165, 1.54) is 6.07 Å². The zero-order chi connectivity index (χ0) is 17.5. The fourth-order valence-electron chi connectivity index (χ4n) is 3.08. The maximum atomic E-state index is 13.0. The van der Waals surface area contributed by atoms with Crippen LogP contribution in [0.5, 0.6) is 0 Å². The number of ketones is 1. The van der Waals surface area contributed by atoms with Crippen LogP contribution in [0.3, 0.4) is 0 Å². The normalized spacial score (nSPS) is 21.3. The lowest BCUT2D eigenvalue weighted by molar-refractivity contribution is -0.137. The highest BCUT2D eigenvalue weighted by Gasteiger charge is 2.41. The van der Waals surface area contributed by atoms with Crippen molar-refractivity contribution in [2.45, 2.75) is 24.4 Å². The highest BCUT2D eigenvalue weighted by Crippen LogP contribution is 2.41. The molecule has 0 amide bonds. The topological polar surface area (TPSA) is 40.9 Å². The molecule has 0 aliphatic heterocycles. The van der Waals surface area contributed by atoms with Crippen LogP contribution in [0.2, 0.25) is 5.02 Å². The molecule has 0 saturated heterocycles. The van der Waals surface area contributed by atoms with Gasteiger partial charge in [0.15, 0.2) is 5.78 Å². The zero-order valence-corrected chi connectivity index (χ0v) is 13.2. The van der Waals surface area contributed by atoms with Crippen LogP contribution in [0.25, 0.3) is 0 Å². The molecule has 1 N–H and O–H groups in total. The van der Waals surface area contributed by atoms with E-state index in [9.17, 15) is 18.0 Å². The van der Waals surface area contributed by atoms with Gasteiger partial charge in [0, 0.05) is 11.6 Å². The summed E-state index contributed by atoms with van der Waals surface area (Å²) in [5.41, 5.74) is 0.0923. The quantitative estimate of drug-likeness (QED) is 0.791. The maximum Gasteiger partial charge on any atom is 0.417 e. The minimum absolute atomic E-state index is 0.129. The van der Waals surface area contributed by atoms with Crippen molar-refractivity contribution in [1.82, 2.24) is 0 Å². The van der Waals surface area contributed by atoms with E-state index < -0.39 is 28.6 Å². The number of Topliss-reactive ketones (excluding diaryl/α,β-unsaturated/α-hetero) is 1. The van der Waals surface area contributed by atoms with Gasteiger partial charge in [-0.3, -0.25) is 4.79 Å². The summed E-state index contributed by atoms with van der Waals surface area (Å²) in [7, 11) is 0. The Morgan fingerprint density at radius 1 is 1.04 bits per heavy atom. The highest BCUT2D eigenvalue weighted by molar-refractivity contribution is 6.31. The SMILES string of the molecule is N=C1CC(c2ccccc2)C(=O)C1c1ccc(Cl)c(C(F)(F)F)c1. The standard InChI is InChI=1S/C18H13ClF3NO/c19-14-7-6-11(8-13(14)18(20,21)22)16-15(23)9-12(17(16)24)10-4-2-1-3-5-10/h1-8,12,16,23H,9H2. The lowest BCUT2D eigenvalue weighted by Gasteiger charge is -2.15. The van der Waals surface area contributed by atoms with Crippen molar-refractivity contribution >= 4 is 23.1 Å². The van der Waals surface area contributed by atoms with E-state index in [0.717, 1.165) is 17.7 Å². The Hall–Kier alpha value is -2.14. The Kier molecular flexibility index (Phi) is 4.22. The number of carbonyl (C=O) groups is 1. The summed E-state index contributed by atoms with van der Waals surface area (Å²) in [4.78, 5) is 12.7. The van der Waals surface area contributed by atoms with Crippen molar-refractivity contribution in [2.24, 2.45) is 0 Å². The van der Waals surface area contributed by atoms with E-state index in [2.05, 4.69) is 0 Å². The first-order chi connectivity index (χ1) is 11.3. The second-order valence-electron chi connectivity index (χ2n) is 5.77. The molecule has 2 unspecified atom stereocenters. The van der Waals surface area contributed by atoms with Gasteiger partial charge in [-0.15, -0.1) is 0 Å². The first-order valence-corrected chi connectivity index (χ1v) is 7.69. The van der Waals surface area contributed by atoms with Crippen LogP contribution in [-0.2, 0) is 11.0 Å². The third-order valence-electron chi connectivity index (χ3n) is 4.23. The van der Waals surface area contributed by atoms with Crippen LogP contribution in [0.15, 0.2) is 48.5 Å². The van der Waals surface area contributed by atoms with Gasteiger partial charge in [0.2, 0.25) is 0 Å². The van der Waals surface area contributed by atoms with Gasteiger partial charge in [0.1, 0.15) is 0 Å². The molecule has 24 heavy (non-hydrogen) atoms. The predicted molar refractivity (Wildman–Crippen MR) is 85.7 cm³/mol. The van der Waals surface area contributed by atoms with E-state index in [1.807, 2.05) is 6.07 Å². The molecule has 124 valence electrons. The van der Waals surface area contributed by atoms with Crippen molar-refractivity contribution in [1.29, 1.82) is 5.41 Å². The molecule has 6 heteroatoms. The molecule has 0 radical (unpaired) electrons. The average Bonchev–Trinajstić information content (AvgIpc) is 2.83. The Morgan fingerprint density at radius 2 is 1.71 bits per heavy atom. The molecule has 0 aromatic heterocycles. The van der Waals surface area contributed by atoms with Gasteiger partial charge in [-0.05, 0) is 29.7 Å². The van der Waals surface area contributed by atoms with E-state index >= 15 is 0 Å². The van der Waals surface area contributed by atoms with E-state index in [4.69, 9.17) is 17.0 Å².